The number of H-pyrrole nitrogens is 1. The maximum absolute atomic E-state index is 12.6. The minimum absolute atomic E-state index is 0.0640. The summed E-state index contributed by atoms with van der Waals surface area (Å²) in [4.78, 5) is 36.8. The third-order valence-electron chi connectivity index (χ3n) is 4.18. The Morgan fingerprint density at radius 1 is 1.33 bits per heavy atom. The second-order valence-electron chi connectivity index (χ2n) is 6.02. The number of nitrogens with zero attached hydrogens (tertiary/aromatic N) is 3. The average Bonchev–Trinajstić information content (AvgIpc) is 3.09. The molecule has 142 valence electrons. The van der Waals surface area contributed by atoms with E-state index in [-0.39, 0.29) is 18.8 Å². The molecule has 1 aromatic heterocycles. The van der Waals surface area contributed by atoms with Crippen LogP contribution in [-0.4, -0.2) is 56.9 Å². The van der Waals surface area contributed by atoms with Crippen molar-refractivity contribution >= 4 is 18.1 Å². The van der Waals surface area contributed by atoms with E-state index in [4.69, 9.17) is 9.84 Å². The first-order valence-electron chi connectivity index (χ1n) is 8.25. The summed E-state index contributed by atoms with van der Waals surface area (Å²) in [6.07, 6.45) is -1.42. The van der Waals surface area contributed by atoms with Gasteiger partial charge >= 0.3 is 12.2 Å². The van der Waals surface area contributed by atoms with Gasteiger partial charge in [0.25, 0.3) is 5.91 Å². The van der Waals surface area contributed by atoms with E-state index < -0.39 is 18.1 Å². The molecule has 0 saturated heterocycles. The Balaban J connectivity index is 1.60. The summed E-state index contributed by atoms with van der Waals surface area (Å²) >= 11 is 0. The van der Waals surface area contributed by atoms with Crippen molar-refractivity contribution < 1.29 is 24.2 Å². The fourth-order valence-electron chi connectivity index (χ4n) is 2.74. The van der Waals surface area contributed by atoms with Crippen LogP contribution in [0.3, 0.4) is 0 Å². The van der Waals surface area contributed by atoms with Gasteiger partial charge in [-0.1, -0.05) is 30.3 Å². The number of ether oxygens (including phenoxy) is 1. The molecule has 3 rings (SSSR count). The molecule has 1 aliphatic heterocycles. The van der Waals surface area contributed by atoms with Crippen molar-refractivity contribution in [3.63, 3.8) is 0 Å². The molecule has 0 unspecified atom stereocenters. The molecule has 0 fully saturated rings. The first-order valence-corrected chi connectivity index (χ1v) is 8.25. The zero-order chi connectivity index (χ0) is 19.4. The van der Waals surface area contributed by atoms with Crippen molar-refractivity contribution in [3.05, 3.63) is 52.8 Å². The van der Waals surface area contributed by atoms with Gasteiger partial charge < -0.3 is 14.7 Å². The Kier molecular flexibility index (Phi) is 5.25. The van der Waals surface area contributed by atoms with Crippen LogP contribution in [-0.2, 0) is 24.3 Å². The first-order chi connectivity index (χ1) is 13.0. The number of benzene rings is 1. The number of carbonyl (C=O) groups is 3. The fourth-order valence-corrected chi connectivity index (χ4v) is 2.74. The van der Waals surface area contributed by atoms with E-state index in [0.29, 0.717) is 24.2 Å². The van der Waals surface area contributed by atoms with Crippen LogP contribution in [0.25, 0.3) is 0 Å². The zero-order valence-electron chi connectivity index (χ0n) is 14.6. The number of fused-ring (bicyclic) bond motifs is 1. The highest BCUT2D eigenvalue weighted by Gasteiger charge is 2.29. The number of hydrogen-bond donors (Lipinski definition) is 3. The zero-order valence-corrected chi connectivity index (χ0v) is 14.6. The molecule has 10 nitrogen and oxygen atoms in total. The molecule has 10 heteroatoms. The first kappa shape index (κ1) is 18.2. The van der Waals surface area contributed by atoms with E-state index in [1.54, 1.807) is 0 Å². The van der Waals surface area contributed by atoms with Crippen LogP contribution in [0.15, 0.2) is 30.3 Å². The summed E-state index contributed by atoms with van der Waals surface area (Å²) < 4.78 is 5.07. The summed E-state index contributed by atoms with van der Waals surface area (Å²) in [6, 6.07) is 9.13. The van der Waals surface area contributed by atoms with Crippen molar-refractivity contribution in [2.24, 2.45) is 0 Å². The van der Waals surface area contributed by atoms with E-state index in [0.717, 1.165) is 10.6 Å². The molecule has 1 aromatic carbocycles. The number of aromatic nitrogens is 2. The van der Waals surface area contributed by atoms with Gasteiger partial charge in [-0.15, -0.1) is 0 Å². The summed E-state index contributed by atoms with van der Waals surface area (Å²) in [7, 11) is 1.37. The number of amides is 3. The highest BCUT2D eigenvalue weighted by atomic mass is 16.6. The van der Waals surface area contributed by atoms with Gasteiger partial charge in [-0.3, -0.25) is 9.89 Å². The van der Waals surface area contributed by atoms with Gasteiger partial charge in [0.1, 0.15) is 12.3 Å². The summed E-state index contributed by atoms with van der Waals surface area (Å²) in [5.41, 5.74) is 4.44. The minimum Gasteiger partial charge on any atom is -0.465 e. The van der Waals surface area contributed by atoms with E-state index in [9.17, 15) is 14.4 Å². The van der Waals surface area contributed by atoms with Crippen molar-refractivity contribution in [1.82, 2.24) is 25.5 Å². The Morgan fingerprint density at radius 2 is 2.07 bits per heavy atom. The predicted octanol–water partition coefficient (Wildman–Crippen LogP) is 1.36. The van der Waals surface area contributed by atoms with Crippen molar-refractivity contribution in [1.29, 1.82) is 0 Å². The molecule has 3 amide bonds. The molecule has 1 aliphatic rings. The second-order valence-corrected chi connectivity index (χ2v) is 6.02. The number of nitrogens with one attached hydrogen (secondary N) is 2. The van der Waals surface area contributed by atoms with Gasteiger partial charge in [0.15, 0.2) is 0 Å². The third kappa shape index (κ3) is 4.17. The molecule has 0 atom stereocenters. The Bertz CT molecular complexity index is 851. The van der Waals surface area contributed by atoms with Gasteiger partial charge in [0.2, 0.25) is 0 Å². The summed E-state index contributed by atoms with van der Waals surface area (Å²) in [5, 5.41) is 16.8. The molecule has 2 heterocycles. The number of hydrogen-bond acceptors (Lipinski definition) is 5. The molecular weight excluding hydrogens is 354 g/mol. The van der Waals surface area contributed by atoms with Crippen LogP contribution in [0.4, 0.5) is 9.59 Å². The molecular formula is C17H19N5O5. The van der Waals surface area contributed by atoms with Crippen molar-refractivity contribution in [3.8, 4) is 0 Å². The third-order valence-corrected chi connectivity index (χ3v) is 4.18. The van der Waals surface area contributed by atoms with Gasteiger partial charge in [-0.25, -0.2) is 20.0 Å². The number of carboxylic acid groups (broad SMARTS) is 1. The molecule has 0 aliphatic carbocycles. The van der Waals surface area contributed by atoms with Crippen LogP contribution in [0, 0.1) is 0 Å². The standard InChI is InChI=1S/C17H19N5O5/c1-21(20-16(24)27-10-11-5-3-2-4-6-11)15(23)14-12-9-22(17(25)26)8-7-13(12)18-19-14/h2-6H,7-10H2,1H3,(H,18,19)(H,20,24)(H,25,26). The lowest BCUT2D eigenvalue weighted by atomic mass is 10.1. The lowest BCUT2D eigenvalue weighted by molar-refractivity contribution is 0.0650. The fraction of sp³-hybridized carbons (Fsp3) is 0.294. The SMILES string of the molecule is CN(NC(=O)OCc1ccccc1)C(=O)c1[nH]nc2c1CN(C(=O)O)CC2. The van der Waals surface area contributed by atoms with Crippen molar-refractivity contribution in [2.45, 2.75) is 19.6 Å². The normalized spacial score (nSPS) is 12.9. The van der Waals surface area contributed by atoms with Crippen molar-refractivity contribution in [2.75, 3.05) is 13.6 Å². The summed E-state index contributed by atoms with van der Waals surface area (Å²) in [5.74, 6) is -0.548. The van der Waals surface area contributed by atoms with Crippen LogP contribution in [0.1, 0.15) is 27.3 Å². The second kappa shape index (κ2) is 7.77. The number of aromatic amines is 1. The molecule has 2 aromatic rings. The smallest absolute Gasteiger partial charge is 0.426 e. The van der Waals surface area contributed by atoms with Crippen LogP contribution in [0.2, 0.25) is 0 Å². The Hall–Kier alpha value is -3.56. The van der Waals surface area contributed by atoms with Gasteiger partial charge in [-0.05, 0) is 5.56 Å². The van der Waals surface area contributed by atoms with E-state index in [1.807, 2.05) is 30.3 Å². The van der Waals surface area contributed by atoms with E-state index in [1.165, 1.54) is 11.9 Å². The lowest BCUT2D eigenvalue weighted by Crippen LogP contribution is -2.44. The Labute approximate surface area is 154 Å². The molecule has 27 heavy (non-hydrogen) atoms. The van der Waals surface area contributed by atoms with Gasteiger partial charge in [0, 0.05) is 25.6 Å². The predicted molar refractivity (Wildman–Crippen MR) is 92.6 cm³/mol. The van der Waals surface area contributed by atoms with Gasteiger partial charge in [-0.2, -0.15) is 5.10 Å². The quantitative estimate of drug-likeness (QED) is 0.697. The van der Waals surface area contributed by atoms with Gasteiger partial charge in [0.05, 0.1) is 12.2 Å². The topological polar surface area (TPSA) is 128 Å². The molecule has 0 radical (unpaired) electrons. The highest BCUT2D eigenvalue weighted by Crippen LogP contribution is 2.21. The Morgan fingerprint density at radius 3 is 2.78 bits per heavy atom. The molecule has 0 bridgehead atoms. The monoisotopic (exact) mass is 373 g/mol. The maximum atomic E-state index is 12.6. The lowest BCUT2D eigenvalue weighted by Gasteiger charge is -2.24. The number of carbonyl (C=O) groups excluding carboxylic acids is 2. The maximum Gasteiger partial charge on any atom is 0.426 e. The molecule has 0 saturated carbocycles. The van der Waals surface area contributed by atoms with Crippen LogP contribution >= 0.6 is 0 Å². The number of rotatable bonds is 3. The molecule has 3 N–H and O–H groups in total. The number of hydrazine groups is 1. The average molecular weight is 373 g/mol. The molecule has 0 spiro atoms. The minimum atomic E-state index is -1.06. The van der Waals surface area contributed by atoms with Crippen LogP contribution < -0.4 is 5.43 Å². The highest BCUT2D eigenvalue weighted by molar-refractivity contribution is 5.94. The van der Waals surface area contributed by atoms with E-state index >= 15 is 0 Å². The largest absolute Gasteiger partial charge is 0.465 e. The van der Waals surface area contributed by atoms with Crippen LogP contribution in [0.5, 0.6) is 0 Å². The van der Waals surface area contributed by atoms with E-state index in [2.05, 4.69) is 15.6 Å². The summed E-state index contributed by atoms with van der Waals surface area (Å²) in [6.45, 7) is 0.455.